The fourth-order valence-electron chi connectivity index (χ4n) is 0. The summed E-state index contributed by atoms with van der Waals surface area (Å²) in [6, 6.07) is 0. The average Bonchev–Trinajstić information content (AvgIpc) is 0.592. The summed E-state index contributed by atoms with van der Waals surface area (Å²) in [6.45, 7) is 0. The molecule has 0 aliphatic rings. The molecule has 0 aliphatic heterocycles. The van der Waals surface area contributed by atoms with Gasteiger partial charge in [-0.1, -0.05) is 0 Å². The zero-order valence-electron chi connectivity index (χ0n) is 2.77. The van der Waals surface area contributed by atoms with E-state index in [-0.39, 0.29) is 0 Å². The molecular formula is F6Ti-2. The molecule has 0 unspecified atom stereocenters. The van der Waals surface area contributed by atoms with Crippen LogP contribution in [-0.2, 0) is 17.2 Å². The van der Waals surface area contributed by atoms with Crippen molar-refractivity contribution in [3.8, 4) is 0 Å². The molecule has 0 aliphatic carbocycles. The molecule has 7 heavy (non-hydrogen) atoms. The number of halogens is 6. The van der Waals surface area contributed by atoms with Gasteiger partial charge in [-0.2, -0.15) is 0 Å². The van der Waals surface area contributed by atoms with Crippen LogP contribution in [0, 0.1) is 0 Å². The third-order valence-corrected chi connectivity index (χ3v) is 0. The molecule has 0 radical (unpaired) electrons. The number of rotatable bonds is 0. The van der Waals surface area contributed by atoms with E-state index in [0.29, 0.717) is 0 Å². The van der Waals surface area contributed by atoms with Gasteiger partial charge in [0.2, 0.25) is 0 Å². The second kappa shape index (κ2) is 0.754. The van der Waals surface area contributed by atoms with Crippen LogP contribution in [0.5, 0.6) is 0 Å². The molecule has 7 heteroatoms. The molecule has 0 nitrogen and oxygen atoms in total. The van der Waals surface area contributed by atoms with Gasteiger partial charge in [-0.3, -0.25) is 0 Å². The Morgan fingerprint density at radius 3 is 0.571 bits per heavy atom. The van der Waals surface area contributed by atoms with Gasteiger partial charge in [-0.15, -0.1) is 0 Å². The zero-order chi connectivity index (χ0) is 6.41. The maximum atomic E-state index is 9.92. The molecule has 0 aromatic rings. The van der Waals surface area contributed by atoms with Crippen LogP contribution in [0.25, 0.3) is 0 Å². The van der Waals surface area contributed by atoms with Crippen LogP contribution in [-0.4, -0.2) is 0 Å². The Bertz CT molecular complexity index is 62.7. The van der Waals surface area contributed by atoms with Crippen molar-refractivity contribution in [3.05, 3.63) is 0 Å². The first-order valence-electron chi connectivity index (χ1n) is 1.13. The first-order chi connectivity index (χ1) is 2.45. The van der Waals surface area contributed by atoms with Crippen molar-refractivity contribution in [2.75, 3.05) is 0 Å². The van der Waals surface area contributed by atoms with Gasteiger partial charge in [0.1, 0.15) is 0 Å². The van der Waals surface area contributed by atoms with E-state index in [2.05, 4.69) is 0 Å². The van der Waals surface area contributed by atoms with Crippen molar-refractivity contribution in [2.24, 2.45) is 0 Å². The number of hydrogen-bond acceptors (Lipinski definition) is 0. The minimum atomic E-state index is -11.2. The Morgan fingerprint density at radius 1 is 0.571 bits per heavy atom. The van der Waals surface area contributed by atoms with E-state index in [4.69, 9.17) is 0 Å². The molecule has 0 rings (SSSR count). The van der Waals surface area contributed by atoms with Gasteiger partial charge in [0.15, 0.2) is 0 Å². The fraction of sp³-hybridized carbons (Fsp3) is 0. The van der Waals surface area contributed by atoms with E-state index in [1.165, 1.54) is 0 Å². The Morgan fingerprint density at radius 2 is 0.571 bits per heavy atom. The molecule has 48 valence electrons. The van der Waals surface area contributed by atoms with Crippen molar-refractivity contribution in [1.82, 2.24) is 0 Å². The molecular weight excluding hydrogens is 162 g/mol. The van der Waals surface area contributed by atoms with Crippen molar-refractivity contribution >= 4 is 0 Å². The molecule has 0 N–H and O–H groups in total. The Kier molecular flexibility index (Phi) is 0.786. The molecule has 0 aromatic heterocycles. The Balaban J connectivity index is 4.43. The van der Waals surface area contributed by atoms with Gasteiger partial charge in [0.05, 0.1) is 0 Å². The molecule has 0 saturated carbocycles. The van der Waals surface area contributed by atoms with Crippen LogP contribution in [0.1, 0.15) is 0 Å². The molecule has 0 atom stereocenters. The summed E-state index contributed by atoms with van der Waals surface area (Å²) in [6.07, 6.45) is 0. The van der Waals surface area contributed by atoms with Crippen molar-refractivity contribution in [3.63, 3.8) is 0 Å². The number of hydrogen-bond donors (Lipinski definition) is 0. The average molecular weight is 162 g/mol. The van der Waals surface area contributed by atoms with E-state index in [9.17, 15) is 18.6 Å². The van der Waals surface area contributed by atoms with Crippen LogP contribution >= 0.6 is 0 Å². The Labute approximate surface area is 36.6 Å². The first-order valence-corrected chi connectivity index (χ1v) is 4.68. The topological polar surface area (TPSA) is 0 Å². The predicted molar refractivity (Wildman–Crippen MR) is 6.65 cm³/mol. The summed E-state index contributed by atoms with van der Waals surface area (Å²) >= 11 is -11.2. The van der Waals surface area contributed by atoms with Gasteiger partial charge < -0.3 is 0 Å². The molecule has 0 bridgehead atoms. The first kappa shape index (κ1) is 7.29. The molecule has 0 heterocycles. The third-order valence-electron chi connectivity index (χ3n) is 0. The summed E-state index contributed by atoms with van der Waals surface area (Å²) < 4.78 is 59.5. The van der Waals surface area contributed by atoms with E-state index in [0.717, 1.165) is 0 Å². The van der Waals surface area contributed by atoms with Gasteiger partial charge >= 0.3 is 35.8 Å². The second-order valence-electron chi connectivity index (χ2n) is 1.07. The zero-order valence-corrected chi connectivity index (χ0v) is 4.33. The predicted octanol–water partition coefficient (Wildman–Crippen LogP) is 2.52. The van der Waals surface area contributed by atoms with Crippen molar-refractivity contribution < 1.29 is 35.8 Å². The van der Waals surface area contributed by atoms with Gasteiger partial charge in [0, 0.05) is 0 Å². The van der Waals surface area contributed by atoms with Crippen LogP contribution in [0.15, 0.2) is 0 Å². The van der Waals surface area contributed by atoms with Crippen LogP contribution < -0.4 is 0 Å². The maximum absolute atomic E-state index is 11.2. The van der Waals surface area contributed by atoms with Crippen LogP contribution in [0.3, 0.4) is 0 Å². The van der Waals surface area contributed by atoms with E-state index < -0.39 is 17.2 Å². The van der Waals surface area contributed by atoms with Gasteiger partial charge in [0.25, 0.3) is 0 Å². The quantitative estimate of drug-likeness (QED) is 0.379. The SMILES string of the molecule is [F][Ti-2]([F])([F])([F])([F])[F]. The molecule has 0 aromatic carbocycles. The fourth-order valence-corrected chi connectivity index (χ4v) is 0. The van der Waals surface area contributed by atoms with Crippen molar-refractivity contribution in [2.45, 2.75) is 0 Å². The molecule has 0 spiro atoms. The van der Waals surface area contributed by atoms with E-state index in [1.807, 2.05) is 0 Å². The van der Waals surface area contributed by atoms with Gasteiger partial charge in [-0.05, 0) is 0 Å². The third kappa shape index (κ3) is 1340. The summed E-state index contributed by atoms with van der Waals surface area (Å²) in [5, 5.41) is 0. The summed E-state index contributed by atoms with van der Waals surface area (Å²) in [5.74, 6) is 0. The van der Waals surface area contributed by atoms with Crippen LogP contribution in [0.2, 0.25) is 0 Å². The monoisotopic (exact) mass is 162 g/mol. The second-order valence-corrected chi connectivity index (χ2v) is 4.42. The summed E-state index contributed by atoms with van der Waals surface area (Å²) in [5.41, 5.74) is 0. The van der Waals surface area contributed by atoms with E-state index >= 15 is 0 Å². The van der Waals surface area contributed by atoms with Gasteiger partial charge in [-0.25, -0.2) is 0 Å². The Hall–Kier alpha value is 0.294. The summed E-state index contributed by atoms with van der Waals surface area (Å²) in [4.78, 5) is 0. The standard InChI is InChI=1S/6FH.Ti/h6*1H;/q;;;;;;+4/p-6. The molecule has 0 amide bonds. The minimum absolute atomic E-state index is 9.92. The van der Waals surface area contributed by atoms with Crippen molar-refractivity contribution in [1.29, 1.82) is 0 Å². The molecule has 0 fully saturated rings. The van der Waals surface area contributed by atoms with Crippen LogP contribution in [0.4, 0.5) is 18.6 Å². The summed E-state index contributed by atoms with van der Waals surface area (Å²) in [7, 11) is 0. The normalized spacial score (nSPS) is 23.1. The molecule has 0 saturated heterocycles. The van der Waals surface area contributed by atoms with E-state index in [1.54, 1.807) is 0 Å².